The second-order valence-electron chi connectivity index (χ2n) is 5.76. The van der Waals surface area contributed by atoms with Crippen molar-refractivity contribution < 1.29 is 9.18 Å². The molecule has 0 spiro atoms. The van der Waals surface area contributed by atoms with Crippen molar-refractivity contribution in [3.05, 3.63) is 41.8 Å². The molecular weight excluding hydrogens is 295 g/mol. The first-order valence-corrected chi connectivity index (χ1v) is 7.77. The third kappa shape index (κ3) is 4.39. The lowest BCUT2D eigenvalue weighted by molar-refractivity contribution is -0.117. The quantitative estimate of drug-likeness (QED) is 0.891. The number of anilines is 1. The van der Waals surface area contributed by atoms with Gasteiger partial charge in [-0.2, -0.15) is 5.10 Å². The van der Waals surface area contributed by atoms with Gasteiger partial charge in [-0.15, -0.1) is 0 Å². The maximum atomic E-state index is 13.1. The van der Waals surface area contributed by atoms with Crippen molar-refractivity contribution in [2.75, 3.05) is 18.4 Å². The van der Waals surface area contributed by atoms with Gasteiger partial charge in [-0.3, -0.25) is 9.69 Å². The molecular formula is C17H23FN4O. The molecule has 0 saturated carbocycles. The third-order valence-electron chi connectivity index (χ3n) is 3.65. The van der Waals surface area contributed by atoms with Gasteiger partial charge in [0.2, 0.25) is 5.91 Å². The number of benzene rings is 1. The van der Waals surface area contributed by atoms with Crippen molar-refractivity contribution in [2.45, 2.75) is 33.7 Å². The van der Waals surface area contributed by atoms with E-state index in [1.54, 1.807) is 22.9 Å². The normalized spacial score (nSPS) is 11.3. The zero-order chi connectivity index (χ0) is 17.0. The average Bonchev–Trinajstić information content (AvgIpc) is 2.85. The van der Waals surface area contributed by atoms with Crippen LogP contribution in [0.4, 0.5) is 10.2 Å². The second kappa shape index (κ2) is 7.37. The molecule has 0 radical (unpaired) electrons. The summed E-state index contributed by atoms with van der Waals surface area (Å²) in [7, 11) is 0. The van der Waals surface area contributed by atoms with Crippen LogP contribution in [0.25, 0.3) is 5.69 Å². The first-order valence-electron chi connectivity index (χ1n) is 7.77. The first kappa shape index (κ1) is 17.1. The van der Waals surface area contributed by atoms with E-state index < -0.39 is 0 Å². The predicted molar refractivity (Wildman–Crippen MR) is 89.3 cm³/mol. The number of nitrogens with zero attached hydrogens (tertiary/aromatic N) is 3. The van der Waals surface area contributed by atoms with E-state index in [9.17, 15) is 9.18 Å². The van der Waals surface area contributed by atoms with Crippen LogP contribution in [0.1, 0.15) is 26.5 Å². The lowest BCUT2D eigenvalue weighted by Crippen LogP contribution is -2.38. The monoisotopic (exact) mass is 318 g/mol. The summed E-state index contributed by atoms with van der Waals surface area (Å²) in [4.78, 5) is 14.3. The highest BCUT2D eigenvalue weighted by Gasteiger charge is 2.15. The minimum atomic E-state index is -0.307. The number of nitrogens with one attached hydrogen (secondary N) is 1. The largest absolute Gasteiger partial charge is 0.309 e. The van der Waals surface area contributed by atoms with Crippen molar-refractivity contribution in [1.82, 2.24) is 14.7 Å². The van der Waals surface area contributed by atoms with Crippen LogP contribution in [0, 0.1) is 12.7 Å². The van der Waals surface area contributed by atoms with Gasteiger partial charge < -0.3 is 5.32 Å². The molecule has 5 nitrogen and oxygen atoms in total. The number of rotatable bonds is 6. The maximum Gasteiger partial charge on any atom is 0.239 e. The summed E-state index contributed by atoms with van der Waals surface area (Å²) in [6, 6.07) is 8.10. The Morgan fingerprint density at radius 2 is 2.00 bits per heavy atom. The Labute approximate surface area is 136 Å². The zero-order valence-electron chi connectivity index (χ0n) is 14.0. The summed E-state index contributed by atoms with van der Waals surface area (Å²) in [5, 5.41) is 7.25. The lowest BCUT2D eigenvalue weighted by atomic mass is 10.3. The van der Waals surface area contributed by atoms with Crippen LogP contribution in [0.2, 0.25) is 0 Å². The Morgan fingerprint density at radius 1 is 1.35 bits per heavy atom. The van der Waals surface area contributed by atoms with E-state index >= 15 is 0 Å². The van der Waals surface area contributed by atoms with Crippen molar-refractivity contribution in [2.24, 2.45) is 0 Å². The molecule has 1 heterocycles. The van der Waals surface area contributed by atoms with Crippen molar-refractivity contribution in [3.8, 4) is 5.69 Å². The molecule has 0 atom stereocenters. The van der Waals surface area contributed by atoms with E-state index in [0.29, 0.717) is 24.1 Å². The fourth-order valence-corrected chi connectivity index (χ4v) is 2.39. The Hall–Kier alpha value is -2.21. The van der Waals surface area contributed by atoms with Crippen molar-refractivity contribution in [1.29, 1.82) is 0 Å². The van der Waals surface area contributed by atoms with E-state index in [4.69, 9.17) is 0 Å². The number of halogens is 1. The van der Waals surface area contributed by atoms with Crippen LogP contribution in [-0.2, 0) is 4.79 Å². The molecule has 2 rings (SSSR count). The van der Waals surface area contributed by atoms with Crippen LogP contribution >= 0.6 is 0 Å². The number of aryl methyl sites for hydroxylation is 1. The van der Waals surface area contributed by atoms with E-state index in [1.165, 1.54) is 12.1 Å². The van der Waals surface area contributed by atoms with Gasteiger partial charge >= 0.3 is 0 Å². The van der Waals surface area contributed by atoms with Gasteiger partial charge in [0.05, 0.1) is 17.9 Å². The zero-order valence-corrected chi connectivity index (χ0v) is 14.0. The number of hydrogen-bond donors (Lipinski definition) is 1. The molecule has 0 aliphatic heterocycles. The Kier molecular flexibility index (Phi) is 5.50. The predicted octanol–water partition coefficient (Wildman–Crippen LogP) is 2.99. The Bertz CT molecular complexity index is 664. The van der Waals surface area contributed by atoms with E-state index in [0.717, 1.165) is 12.2 Å². The SMILES string of the molecule is CCN(CC(=O)Nc1cc(C)nn1-c1ccc(F)cc1)C(C)C. The smallest absolute Gasteiger partial charge is 0.239 e. The lowest BCUT2D eigenvalue weighted by Gasteiger charge is -2.23. The fraction of sp³-hybridized carbons (Fsp3) is 0.412. The highest BCUT2D eigenvalue weighted by Crippen LogP contribution is 2.17. The van der Waals surface area contributed by atoms with Crippen LogP contribution in [0.15, 0.2) is 30.3 Å². The topological polar surface area (TPSA) is 50.2 Å². The molecule has 1 amide bonds. The summed E-state index contributed by atoms with van der Waals surface area (Å²) < 4.78 is 14.7. The molecule has 0 fully saturated rings. The Balaban J connectivity index is 2.17. The number of hydrogen-bond acceptors (Lipinski definition) is 3. The molecule has 0 unspecified atom stereocenters. The molecule has 124 valence electrons. The molecule has 6 heteroatoms. The van der Waals surface area contributed by atoms with Crippen LogP contribution < -0.4 is 5.32 Å². The Morgan fingerprint density at radius 3 is 2.57 bits per heavy atom. The number of aromatic nitrogens is 2. The maximum absolute atomic E-state index is 13.1. The standard InChI is InChI=1S/C17H23FN4O/c1-5-21(12(2)3)11-17(23)19-16-10-13(4)20-22(16)15-8-6-14(18)7-9-15/h6-10,12H,5,11H2,1-4H3,(H,19,23). The third-order valence-corrected chi connectivity index (χ3v) is 3.65. The van der Waals surface area contributed by atoms with Crippen molar-refractivity contribution >= 4 is 11.7 Å². The number of amides is 1. The van der Waals surface area contributed by atoms with E-state index in [2.05, 4.69) is 29.2 Å². The van der Waals surface area contributed by atoms with Gasteiger partial charge in [0.25, 0.3) is 0 Å². The molecule has 0 aliphatic rings. The highest BCUT2D eigenvalue weighted by atomic mass is 19.1. The highest BCUT2D eigenvalue weighted by molar-refractivity contribution is 5.91. The van der Waals surface area contributed by atoms with Crippen LogP contribution in [0.5, 0.6) is 0 Å². The molecule has 1 aromatic carbocycles. The van der Waals surface area contributed by atoms with Gasteiger partial charge in [-0.1, -0.05) is 6.92 Å². The van der Waals surface area contributed by atoms with Crippen LogP contribution in [0.3, 0.4) is 0 Å². The molecule has 2 aromatic rings. The summed E-state index contributed by atoms with van der Waals surface area (Å²) in [5.41, 5.74) is 1.48. The van der Waals surface area contributed by atoms with Crippen molar-refractivity contribution in [3.63, 3.8) is 0 Å². The van der Waals surface area contributed by atoms with Gasteiger partial charge in [0.1, 0.15) is 11.6 Å². The summed E-state index contributed by atoms with van der Waals surface area (Å²) in [5.74, 6) is 0.182. The molecule has 1 aromatic heterocycles. The van der Waals surface area contributed by atoms with E-state index in [1.807, 2.05) is 13.8 Å². The summed E-state index contributed by atoms with van der Waals surface area (Å²) in [6.07, 6.45) is 0. The summed E-state index contributed by atoms with van der Waals surface area (Å²) in [6.45, 7) is 9.12. The minimum Gasteiger partial charge on any atom is -0.309 e. The second-order valence-corrected chi connectivity index (χ2v) is 5.76. The van der Waals surface area contributed by atoms with Gasteiger partial charge in [-0.25, -0.2) is 9.07 Å². The number of likely N-dealkylation sites (N-methyl/N-ethyl adjacent to an activating group) is 1. The number of carbonyl (C=O) groups is 1. The van der Waals surface area contributed by atoms with E-state index in [-0.39, 0.29) is 11.7 Å². The average molecular weight is 318 g/mol. The van der Waals surface area contributed by atoms with Crippen LogP contribution in [-0.4, -0.2) is 39.7 Å². The molecule has 0 saturated heterocycles. The molecule has 0 aliphatic carbocycles. The minimum absolute atomic E-state index is 0.0937. The van der Waals surface area contributed by atoms with Gasteiger partial charge in [0, 0.05) is 12.1 Å². The van der Waals surface area contributed by atoms with Gasteiger partial charge in [-0.05, 0) is 51.6 Å². The summed E-state index contributed by atoms with van der Waals surface area (Å²) >= 11 is 0. The fourth-order valence-electron chi connectivity index (χ4n) is 2.39. The number of carbonyl (C=O) groups excluding carboxylic acids is 1. The van der Waals surface area contributed by atoms with Gasteiger partial charge in [0.15, 0.2) is 0 Å². The molecule has 23 heavy (non-hydrogen) atoms. The molecule has 0 bridgehead atoms. The molecule has 1 N–H and O–H groups in total. The first-order chi connectivity index (χ1) is 10.9.